The van der Waals surface area contributed by atoms with Gasteiger partial charge in [0.15, 0.2) is 6.10 Å². The second-order valence-corrected chi connectivity index (χ2v) is 24.4. The standard InChI is InChI=1S/C68H132O6/c1-6-7-8-9-10-11-12-13-14-15-19-23-30-35-40-45-50-55-60-68(71)74-65(62-73-67(70)59-54-49-44-39-34-29-25-24-27-32-37-42-47-52-57-64(4)5)61-72-66(69)58-53-48-43-38-33-28-22-20-17-16-18-21-26-31-36-41-46-51-56-63(2)3/h63-65H,6-62H2,1-5H3/t65-/m1/s1. The van der Waals surface area contributed by atoms with Crippen LogP contribution in [-0.4, -0.2) is 37.2 Å². The van der Waals surface area contributed by atoms with Crippen molar-refractivity contribution in [1.82, 2.24) is 0 Å². The highest BCUT2D eigenvalue weighted by atomic mass is 16.6. The third-order valence-corrected chi connectivity index (χ3v) is 15.7. The fourth-order valence-electron chi connectivity index (χ4n) is 10.6. The highest BCUT2D eigenvalue weighted by Crippen LogP contribution is 2.19. The molecule has 0 heterocycles. The van der Waals surface area contributed by atoms with Gasteiger partial charge in [0.25, 0.3) is 0 Å². The maximum absolute atomic E-state index is 12.9. The third kappa shape index (κ3) is 61.3. The number of hydrogen-bond acceptors (Lipinski definition) is 6. The van der Waals surface area contributed by atoms with Crippen LogP contribution in [0.3, 0.4) is 0 Å². The van der Waals surface area contributed by atoms with E-state index in [9.17, 15) is 14.4 Å². The minimum atomic E-state index is -0.764. The third-order valence-electron chi connectivity index (χ3n) is 15.7. The Morgan fingerprint density at radius 2 is 0.446 bits per heavy atom. The Hall–Kier alpha value is -1.59. The molecule has 0 saturated carbocycles. The minimum absolute atomic E-state index is 0.0614. The first kappa shape index (κ1) is 72.4. The Morgan fingerprint density at radius 1 is 0.257 bits per heavy atom. The zero-order valence-corrected chi connectivity index (χ0v) is 51.0. The summed E-state index contributed by atoms with van der Waals surface area (Å²) in [5, 5.41) is 0. The van der Waals surface area contributed by atoms with Crippen LogP contribution in [0.4, 0.5) is 0 Å². The summed E-state index contributed by atoms with van der Waals surface area (Å²) in [6.45, 7) is 11.5. The van der Waals surface area contributed by atoms with Gasteiger partial charge in [-0.05, 0) is 31.1 Å². The van der Waals surface area contributed by atoms with Crippen LogP contribution in [-0.2, 0) is 28.6 Å². The number of rotatable bonds is 62. The van der Waals surface area contributed by atoms with E-state index in [1.54, 1.807) is 0 Å². The Labute approximate surface area is 463 Å². The number of carbonyl (C=O) groups is 3. The molecule has 0 N–H and O–H groups in total. The zero-order valence-electron chi connectivity index (χ0n) is 51.0. The van der Waals surface area contributed by atoms with E-state index in [-0.39, 0.29) is 31.1 Å². The van der Waals surface area contributed by atoms with Crippen LogP contribution in [0.25, 0.3) is 0 Å². The van der Waals surface area contributed by atoms with Crippen LogP contribution < -0.4 is 0 Å². The van der Waals surface area contributed by atoms with Gasteiger partial charge < -0.3 is 14.2 Å². The molecule has 0 amide bonds. The van der Waals surface area contributed by atoms with Crippen molar-refractivity contribution in [2.24, 2.45) is 11.8 Å². The molecule has 0 spiro atoms. The smallest absolute Gasteiger partial charge is 0.306 e. The maximum atomic E-state index is 12.9. The van der Waals surface area contributed by atoms with E-state index in [0.29, 0.717) is 19.3 Å². The van der Waals surface area contributed by atoms with Crippen molar-refractivity contribution in [3.05, 3.63) is 0 Å². The van der Waals surface area contributed by atoms with Crippen molar-refractivity contribution in [1.29, 1.82) is 0 Å². The van der Waals surface area contributed by atoms with E-state index in [2.05, 4.69) is 34.6 Å². The molecule has 0 aliphatic heterocycles. The molecule has 0 unspecified atom stereocenters. The first-order valence-corrected chi connectivity index (χ1v) is 33.7. The molecule has 0 radical (unpaired) electrons. The highest BCUT2D eigenvalue weighted by molar-refractivity contribution is 5.71. The lowest BCUT2D eigenvalue weighted by molar-refractivity contribution is -0.167. The van der Waals surface area contributed by atoms with Crippen molar-refractivity contribution >= 4 is 17.9 Å². The molecule has 1 atom stereocenters. The number of carbonyl (C=O) groups excluding carboxylic acids is 3. The molecule has 0 bridgehead atoms. The number of hydrogen-bond donors (Lipinski definition) is 0. The van der Waals surface area contributed by atoms with E-state index < -0.39 is 6.10 Å². The van der Waals surface area contributed by atoms with E-state index in [0.717, 1.165) is 69.6 Å². The fraction of sp³-hybridized carbons (Fsp3) is 0.956. The van der Waals surface area contributed by atoms with Gasteiger partial charge in [-0.1, -0.05) is 349 Å². The molecule has 440 valence electrons. The molecule has 0 aliphatic carbocycles. The van der Waals surface area contributed by atoms with Gasteiger partial charge >= 0.3 is 17.9 Å². The number of ether oxygens (including phenoxy) is 3. The van der Waals surface area contributed by atoms with Crippen molar-refractivity contribution in [2.75, 3.05) is 13.2 Å². The van der Waals surface area contributed by atoms with Gasteiger partial charge in [-0.2, -0.15) is 0 Å². The quantitative estimate of drug-likeness (QED) is 0.0343. The van der Waals surface area contributed by atoms with Crippen LogP contribution in [0.1, 0.15) is 388 Å². The van der Waals surface area contributed by atoms with E-state index in [1.807, 2.05) is 0 Å². The molecule has 6 heteroatoms. The molecular weight excluding hydrogens is 913 g/mol. The first-order valence-electron chi connectivity index (χ1n) is 33.7. The Morgan fingerprint density at radius 3 is 0.662 bits per heavy atom. The lowest BCUT2D eigenvalue weighted by Crippen LogP contribution is -2.30. The minimum Gasteiger partial charge on any atom is -0.462 e. The van der Waals surface area contributed by atoms with Gasteiger partial charge in [-0.15, -0.1) is 0 Å². The van der Waals surface area contributed by atoms with Gasteiger partial charge in [-0.3, -0.25) is 14.4 Å². The van der Waals surface area contributed by atoms with Gasteiger partial charge in [0.05, 0.1) is 0 Å². The molecule has 6 nitrogen and oxygen atoms in total. The molecule has 0 aromatic carbocycles. The topological polar surface area (TPSA) is 78.9 Å². The van der Waals surface area contributed by atoms with Gasteiger partial charge in [0.1, 0.15) is 13.2 Å². The number of esters is 3. The van der Waals surface area contributed by atoms with Crippen molar-refractivity contribution in [2.45, 2.75) is 394 Å². The predicted octanol–water partition coefficient (Wildman–Crippen LogP) is 22.8. The Kier molecular flexibility index (Phi) is 59.3. The summed E-state index contributed by atoms with van der Waals surface area (Å²) in [5.74, 6) is 0.877. The van der Waals surface area contributed by atoms with Crippen molar-refractivity contribution in [3.8, 4) is 0 Å². The van der Waals surface area contributed by atoms with Crippen LogP contribution in [0.15, 0.2) is 0 Å². The Balaban J connectivity index is 4.27. The molecular formula is C68H132O6. The normalized spacial score (nSPS) is 12.0. The zero-order chi connectivity index (χ0) is 53.9. The van der Waals surface area contributed by atoms with Crippen molar-refractivity contribution in [3.63, 3.8) is 0 Å². The molecule has 74 heavy (non-hydrogen) atoms. The predicted molar refractivity (Wildman–Crippen MR) is 321 cm³/mol. The average molecular weight is 1050 g/mol. The highest BCUT2D eigenvalue weighted by Gasteiger charge is 2.19. The van der Waals surface area contributed by atoms with Crippen LogP contribution >= 0.6 is 0 Å². The van der Waals surface area contributed by atoms with Crippen LogP contribution in [0.2, 0.25) is 0 Å². The summed E-state index contributed by atoms with van der Waals surface area (Å²) >= 11 is 0. The summed E-state index contributed by atoms with van der Waals surface area (Å²) in [7, 11) is 0. The summed E-state index contributed by atoms with van der Waals surface area (Å²) < 4.78 is 17.0. The summed E-state index contributed by atoms with van der Waals surface area (Å²) in [4.78, 5) is 38.4. The molecule has 0 saturated heterocycles. The average Bonchev–Trinajstić information content (AvgIpc) is 3.38. The van der Waals surface area contributed by atoms with Gasteiger partial charge in [0, 0.05) is 19.3 Å². The lowest BCUT2D eigenvalue weighted by atomic mass is 10.0. The van der Waals surface area contributed by atoms with E-state index in [4.69, 9.17) is 14.2 Å². The number of unbranched alkanes of at least 4 members (excludes halogenated alkanes) is 47. The summed E-state index contributed by atoms with van der Waals surface area (Å²) in [6.07, 6.45) is 68.3. The molecule has 0 aromatic rings. The summed E-state index contributed by atoms with van der Waals surface area (Å²) in [6, 6.07) is 0. The fourth-order valence-corrected chi connectivity index (χ4v) is 10.6. The van der Waals surface area contributed by atoms with Gasteiger partial charge in [-0.25, -0.2) is 0 Å². The lowest BCUT2D eigenvalue weighted by Gasteiger charge is -2.18. The molecule has 0 fully saturated rings. The van der Waals surface area contributed by atoms with Crippen LogP contribution in [0, 0.1) is 11.8 Å². The SMILES string of the molecule is CCCCCCCCCCCCCCCCCCCCC(=O)O[C@H](COC(=O)CCCCCCCCCCCCCCCCCCCCC(C)C)COC(=O)CCCCCCCCCCCCCCCCC(C)C. The molecule has 0 aliphatic rings. The first-order chi connectivity index (χ1) is 36.2. The molecule has 0 aromatic heterocycles. The second-order valence-electron chi connectivity index (χ2n) is 24.4. The second kappa shape index (κ2) is 60.6. The van der Waals surface area contributed by atoms with Gasteiger partial charge in [0.2, 0.25) is 0 Å². The largest absolute Gasteiger partial charge is 0.462 e. The van der Waals surface area contributed by atoms with E-state index >= 15 is 0 Å². The summed E-state index contributed by atoms with van der Waals surface area (Å²) in [5.41, 5.74) is 0. The van der Waals surface area contributed by atoms with E-state index in [1.165, 1.54) is 276 Å². The molecule has 0 rings (SSSR count). The van der Waals surface area contributed by atoms with Crippen LogP contribution in [0.5, 0.6) is 0 Å². The maximum Gasteiger partial charge on any atom is 0.306 e. The van der Waals surface area contributed by atoms with Crippen molar-refractivity contribution < 1.29 is 28.6 Å². The Bertz CT molecular complexity index is 1140. The monoisotopic (exact) mass is 1050 g/mol.